The smallest absolute Gasteiger partial charge is 0.382 e. The molecule has 1 aromatic carbocycles. The Morgan fingerprint density at radius 3 is 2.33 bits per heavy atom. The molecule has 1 amide bonds. The first kappa shape index (κ1) is 22.4. The lowest BCUT2D eigenvalue weighted by atomic mass is 9.67. The van der Waals surface area contributed by atoms with Gasteiger partial charge in [-0.25, -0.2) is 9.38 Å². The Kier molecular flexibility index (Phi) is 5.54. The predicted octanol–water partition coefficient (Wildman–Crippen LogP) is 4.39. The number of alkyl halides is 3. The molecule has 1 aromatic rings. The van der Waals surface area contributed by atoms with Crippen molar-refractivity contribution >= 4 is 17.6 Å². The predicted molar refractivity (Wildman–Crippen MR) is 107 cm³/mol. The standard InChI is InChI=1S/C21H28F4N4O/c1-19(2)17(30)29(4)18(26)28-20(19,3)15-11-14(9-10-16(15)22)27-13-7-5-12(6-8-13)21(23,24)25/h9-13,27H,5-8H2,1-4H3,(H2,26,28)/t12?,13?,20-/m1/s1. The number of rotatable bonds is 3. The van der Waals surface area contributed by atoms with E-state index in [0.717, 1.165) is 0 Å². The second kappa shape index (κ2) is 7.42. The van der Waals surface area contributed by atoms with E-state index < -0.39 is 28.9 Å². The van der Waals surface area contributed by atoms with E-state index in [2.05, 4.69) is 10.3 Å². The van der Waals surface area contributed by atoms with Crippen LogP contribution >= 0.6 is 0 Å². The monoisotopic (exact) mass is 428 g/mol. The lowest BCUT2D eigenvalue weighted by Gasteiger charge is -2.46. The molecule has 1 heterocycles. The molecule has 1 fully saturated rings. The number of carbonyl (C=O) groups is 1. The zero-order valence-electron chi connectivity index (χ0n) is 17.6. The summed E-state index contributed by atoms with van der Waals surface area (Å²) >= 11 is 0. The number of halogens is 4. The summed E-state index contributed by atoms with van der Waals surface area (Å²) in [7, 11) is 1.52. The number of nitrogens with two attached hydrogens (primary N) is 1. The third kappa shape index (κ3) is 3.74. The number of nitrogens with zero attached hydrogens (tertiary/aromatic N) is 2. The van der Waals surface area contributed by atoms with E-state index >= 15 is 0 Å². The van der Waals surface area contributed by atoms with E-state index in [4.69, 9.17) is 5.73 Å². The van der Waals surface area contributed by atoms with Gasteiger partial charge in [-0.3, -0.25) is 9.69 Å². The van der Waals surface area contributed by atoms with Crippen LogP contribution in [0.1, 0.15) is 52.0 Å². The summed E-state index contributed by atoms with van der Waals surface area (Å²) in [6, 6.07) is 4.29. The lowest BCUT2D eigenvalue weighted by Crippen LogP contribution is -2.58. The van der Waals surface area contributed by atoms with Crippen molar-refractivity contribution in [3.8, 4) is 0 Å². The van der Waals surface area contributed by atoms with Crippen LogP contribution in [0.15, 0.2) is 23.2 Å². The molecule has 0 unspecified atom stereocenters. The molecule has 30 heavy (non-hydrogen) atoms. The number of hydrogen-bond donors (Lipinski definition) is 2. The Morgan fingerprint density at radius 2 is 1.77 bits per heavy atom. The van der Waals surface area contributed by atoms with Crippen molar-refractivity contribution in [3.05, 3.63) is 29.6 Å². The minimum atomic E-state index is -4.16. The zero-order chi connectivity index (χ0) is 22.5. The van der Waals surface area contributed by atoms with E-state index in [1.54, 1.807) is 32.9 Å². The van der Waals surface area contributed by atoms with Crippen LogP contribution in [0.3, 0.4) is 0 Å². The fourth-order valence-corrected chi connectivity index (χ4v) is 4.36. The first-order valence-electron chi connectivity index (χ1n) is 10.0. The quantitative estimate of drug-likeness (QED) is 0.702. The van der Waals surface area contributed by atoms with Gasteiger partial charge in [0.1, 0.15) is 11.4 Å². The summed E-state index contributed by atoms with van der Waals surface area (Å²) in [4.78, 5) is 18.5. The largest absolute Gasteiger partial charge is 0.391 e. The van der Waals surface area contributed by atoms with Crippen LogP contribution in [0.4, 0.5) is 23.2 Å². The average molecular weight is 428 g/mol. The van der Waals surface area contributed by atoms with Gasteiger partial charge in [0.15, 0.2) is 5.96 Å². The number of nitrogens with one attached hydrogen (secondary N) is 1. The molecular formula is C21H28F4N4O. The molecule has 0 radical (unpaired) electrons. The van der Waals surface area contributed by atoms with E-state index in [-0.39, 0.29) is 36.3 Å². The summed E-state index contributed by atoms with van der Waals surface area (Å²) in [5.41, 5.74) is 4.41. The van der Waals surface area contributed by atoms with E-state index in [0.29, 0.717) is 18.5 Å². The Labute approximate surface area is 173 Å². The Balaban J connectivity index is 1.87. The number of hydrogen-bond acceptors (Lipinski definition) is 4. The maximum atomic E-state index is 14.9. The van der Waals surface area contributed by atoms with Gasteiger partial charge < -0.3 is 11.1 Å². The zero-order valence-corrected chi connectivity index (χ0v) is 17.6. The SMILES string of the molecule is CN1C(=O)C(C)(C)[C@@](C)(c2cc(NC3CCC(C(F)(F)F)CC3)ccc2F)N=C1N. The van der Waals surface area contributed by atoms with E-state index in [9.17, 15) is 22.4 Å². The highest BCUT2D eigenvalue weighted by Crippen LogP contribution is 2.48. The third-order valence-corrected chi connectivity index (χ3v) is 6.79. The third-order valence-electron chi connectivity index (χ3n) is 6.79. The van der Waals surface area contributed by atoms with Gasteiger partial charge >= 0.3 is 6.18 Å². The van der Waals surface area contributed by atoms with Crippen LogP contribution in [0.2, 0.25) is 0 Å². The molecule has 1 saturated carbocycles. The maximum absolute atomic E-state index is 14.9. The summed E-state index contributed by atoms with van der Waals surface area (Å²) in [5, 5.41) is 3.23. The van der Waals surface area contributed by atoms with Crippen LogP contribution in [0.5, 0.6) is 0 Å². The molecule has 0 saturated heterocycles. The summed E-state index contributed by atoms with van der Waals surface area (Å²) in [5.74, 6) is -2.06. The van der Waals surface area contributed by atoms with E-state index in [1.165, 1.54) is 18.0 Å². The second-order valence-corrected chi connectivity index (χ2v) is 8.96. The molecule has 1 aliphatic carbocycles. The van der Waals surface area contributed by atoms with E-state index in [1.807, 2.05) is 0 Å². The van der Waals surface area contributed by atoms with Gasteiger partial charge in [-0.15, -0.1) is 0 Å². The van der Waals surface area contributed by atoms with Gasteiger partial charge in [0.2, 0.25) is 5.91 Å². The fraction of sp³-hybridized carbons (Fsp3) is 0.619. The van der Waals surface area contributed by atoms with Crippen molar-refractivity contribution in [2.45, 2.75) is 64.2 Å². The molecule has 1 aliphatic heterocycles. The highest BCUT2D eigenvalue weighted by Gasteiger charge is 2.54. The minimum absolute atomic E-state index is 0.00469. The number of amides is 1. The number of benzene rings is 1. The number of anilines is 1. The van der Waals surface area contributed by atoms with Crippen LogP contribution in [0.25, 0.3) is 0 Å². The number of aliphatic imine (C=N–C) groups is 1. The van der Waals surface area contributed by atoms with Gasteiger partial charge in [-0.1, -0.05) is 0 Å². The summed E-state index contributed by atoms with van der Waals surface area (Å²) in [6.07, 6.45) is -3.25. The van der Waals surface area contributed by atoms with Crippen LogP contribution in [-0.4, -0.2) is 36.0 Å². The molecule has 5 nitrogen and oxygen atoms in total. The fourth-order valence-electron chi connectivity index (χ4n) is 4.36. The van der Waals surface area contributed by atoms with Gasteiger partial charge in [0.25, 0.3) is 0 Å². The van der Waals surface area contributed by atoms with Crippen LogP contribution in [-0.2, 0) is 10.3 Å². The minimum Gasteiger partial charge on any atom is -0.382 e. The normalized spacial score (nSPS) is 29.5. The second-order valence-electron chi connectivity index (χ2n) is 8.96. The molecular weight excluding hydrogens is 400 g/mol. The molecule has 0 bridgehead atoms. The van der Waals surface area contributed by atoms with Crippen molar-refractivity contribution < 1.29 is 22.4 Å². The molecule has 1 atom stereocenters. The van der Waals surface area contributed by atoms with Gasteiger partial charge in [0.05, 0.1) is 11.3 Å². The molecule has 3 N–H and O–H groups in total. The Hall–Kier alpha value is -2.32. The molecule has 9 heteroatoms. The highest BCUT2D eigenvalue weighted by atomic mass is 19.4. The van der Waals surface area contributed by atoms with Crippen molar-refractivity contribution in [3.63, 3.8) is 0 Å². The maximum Gasteiger partial charge on any atom is 0.391 e. The molecule has 166 valence electrons. The van der Waals surface area contributed by atoms with Crippen LogP contribution < -0.4 is 11.1 Å². The lowest BCUT2D eigenvalue weighted by molar-refractivity contribution is -0.182. The summed E-state index contributed by atoms with van der Waals surface area (Å²) in [6.45, 7) is 5.06. The van der Waals surface area contributed by atoms with Crippen LogP contribution in [0, 0.1) is 17.2 Å². The molecule has 0 aromatic heterocycles. The van der Waals surface area contributed by atoms with Gasteiger partial charge in [-0.05, 0) is 64.7 Å². The Morgan fingerprint density at radius 1 is 1.17 bits per heavy atom. The highest BCUT2D eigenvalue weighted by molar-refractivity contribution is 6.01. The molecule has 3 rings (SSSR count). The van der Waals surface area contributed by atoms with Gasteiger partial charge in [0, 0.05) is 24.3 Å². The topological polar surface area (TPSA) is 70.7 Å². The number of guanidine groups is 1. The van der Waals surface area contributed by atoms with Crippen molar-refractivity contribution in [2.75, 3.05) is 12.4 Å². The Bertz CT molecular complexity index is 859. The molecule has 0 spiro atoms. The van der Waals surface area contributed by atoms with Crippen molar-refractivity contribution in [1.82, 2.24) is 4.90 Å². The van der Waals surface area contributed by atoms with Crippen molar-refractivity contribution in [2.24, 2.45) is 22.1 Å². The average Bonchev–Trinajstić information content (AvgIpc) is 2.66. The molecule has 2 aliphatic rings. The van der Waals surface area contributed by atoms with Gasteiger partial charge in [-0.2, -0.15) is 13.2 Å². The number of carbonyl (C=O) groups excluding carboxylic acids is 1. The summed E-state index contributed by atoms with van der Waals surface area (Å²) < 4.78 is 53.5. The first-order valence-corrected chi connectivity index (χ1v) is 10.0. The van der Waals surface area contributed by atoms with Crippen molar-refractivity contribution in [1.29, 1.82) is 0 Å². The first-order chi connectivity index (χ1) is 13.8.